The molecular weight excluding hydrogens is 250 g/mol. The van der Waals surface area contributed by atoms with Crippen LogP contribution in [0.2, 0.25) is 0 Å². The largest absolute Gasteiger partial charge is 0.348 e. The maximum atomic E-state index is 11.4. The van der Waals surface area contributed by atoms with Crippen molar-refractivity contribution >= 4 is 23.5 Å². The van der Waals surface area contributed by atoms with Crippen LogP contribution in [0.3, 0.4) is 0 Å². The molecule has 6 nitrogen and oxygen atoms in total. The molecule has 0 fully saturated rings. The van der Waals surface area contributed by atoms with Crippen LogP contribution in [0, 0.1) is 22.7 Å². The van der Waals surface area contributed by atoms with Gasteiger partial charge in [0.25, 0.3) is 5.82 Å². The molecule has 0 spiro atoms. The van der Waals surface area contributed by atoms with Gasteiger partial charge < -0.3 is 4.90 Å². The van der Waals surface area contributed by atoms with Crippen molar-refractivity contribution in [2.75, 3.05) is 25.6 Å². The molecule has 0 unspecified atom stereocenters. The number of nitriles is 2. The second-order valence-electron chi connectivity index (χ2n) is 3.64. The van der Waals surface area contributed by atoms with E-state index >= 15 is 0 Å². The first-order valence-corrected chi connectivity index (χ1v) is 5.97. The van der Waals surface area contributed by atoms with Gasteiger partial charge in [-0.05, 0) is 6.07 Å². The number of rotatable bonds is 3. The predicted molar refractivity (Wildman–Crippen MR) is 66.3 cm³/mol. The Kier molecular flexibility index (Phi) is 4.52. The fourth-order valence-corrected chi connectivity index (χ4v) is 2.07. The highest BCUT2D eigenvalue weighted by molar-refractivity contribution is 7.99. The summed E-state index contributed by atoms with van der Waals surface area (Å²) >= 11 is 1.18. The van der Waals surface area contributed by atoms with Crippen molar-refractivity contribution in [2.45, 2.75) is 5.03 Å². The maximum Gasteiger partial charge on any atom is 0.289 e. The van der Waals surface area contributed by atoms with Crippen LogP contribution < -0.4 is 10.7 Å². The number of anilines is 1. The number of hydrogen-bond acceptors (Lipinski definition) is 5. The summed E-state index contributed by atoms with van der Waals surface area (Å²) in [6.07, 6.45) is 0. The van der Waals surface area contributed by atoms with Crippen LogP contribution in [-0.2, 0) is 4.79 Å². The maximum absolute atomic E-state index is 11.4. The third kappa shape index (κ3) is 3.12. The lowest BCUT2D eigenvalue weighted by Gasteiger charge is -2.09. The Hall–Kier alpha value is -2.25. The van der Waals surface area contributed by atoms with Crippen LogP contribution in [0.1, 0.15) is 11.1 Å². The molecule has 1 amide bonds. The highest BCUT2D eigenvalue weighted by atomic mass is 32.2. The summed E-state index contributed by atoms with van der Waals surface area (Å²) in [5.74, 6) is 0.320. The van der Waals surface area contributed by atoms with Gasteiger partial charge in [0, 0.05) is 14.1 Å². The molecule has 0 radical (unpaired) electrons. The zero-order valence-electron chi connectivity index (χ0n) is 10.0. The first kappa shape index (κ1) is 13.8. The molecule has 0 atom stereocenters. The first-order chi connectivity index (χ1) is 8.49. The molecule has 0 aliphatic rings. The molecule has 1 aromatic heterocycles. The molecule has 3 N–H and O–H groups in total. The van der Waals surface area contributed by atoms with Gasteiger partial charge in [-0.2, -0.15) is 10.5 Å². The standard InChI is InChI=1S/C11H11N5OS/c1-16(2)9(17)6-18-11-8(5-13)3-7(4-12)10(14)15-11/h3H,6H2,1-2H3,(H2,14,15)/p+1. The third-order valence-corrected chi connectivity index (χ3v) is 3.15. The van der Waals surface area contributed by atoms with E-state index < -0.39 is 0 Å². The van der Waals surface area contributed by atoms with E-state index in [-0.39, 0.29) is 23.0 Å². The number of H-pyrrole nitrogens is 1. The van der Waals surface area contributed by atoms with Gasteiger partial charge in [0.1, 0.15) is 23.3 Å². The average Bonchev–Trinajstić information content (AvgIpc) is 2.35. The van der Waals surface area contributed by atoms with Crippen LogP contribution in [0.15, 0.2) is 11.1 Å². The molecule has 0 saturated carbocycles. The summed E-state index contributed by atoms with van der Waals surface area (Å²) in [6, 6.07) is 5.27. The number of thioether (sulfide) groups is 1. The number of carbonyl (C=O) groups is 1. The lowest BCUT2D eigenvalue weighted by atomic mass is 10.2. The van der Waals surface area contributed by atoms with Gasteiger partial charge >= 0.3 is 0 Å². The molecule has 0 aliphatic carbocycles. The Balaban J connectivity index is 2.97. The van der Waals surface area contributed by atoms with Gasteiger partial charge in [-0.1, -0.05) is 11.8 Å². The fourth-order valence-electron chi connectivity index (χ4n) is 1.10. The van der Waals surface area contributed by atoms with Crippen molar-refractivity contribution in [2.24, 2.45) is 0 Å². The van der Waals surface area contributed by atoms with Crippen LogP contribution in [0.5, 0.6) is 0 Å². The van der Waals surface area contributed by atoms with E-state index in [9.17, 15) is 4.79 Å². The van der Waals surface area contributed by atoms with E-state index in [1.54, 1.807) is 14.1 Å². The number of nitrogens with two attached hydrogens (primary N) is 1. The molecule has 1 rings (SSSR count). The topological polar surface area (TPSA) is 108 Å². The summed E-state index contributed by atoms with van der Waals surface area (Å²) in [4.78, 5) is 15.7. The summed E-state index contributed by atoms with van der Waals surface area (Å²) < 4.78 is 0. The van der Waals surface area contributed by atoms with E-state index in [1.165, 1.54) is 22.7 Å². The normalized spacial score (nSPS) is 9.33. The van der Waals surface area contributed by atoms with Crippen LogP contribution in [-0.4, -0.2) is 30.7 Å². The number of aromatic amines is 1. The van der Waals surface area contributed by atoms with Crippen LogP contribution in [0.4, 0.5) is 5.82 Å². The Morgan fingerprint density at radius 2 is 2.06 bits per heavy atom. The highest BCUT2D eigenvalue weighted by Crippen LogP contribution is 2.20. The highest BCUT2D eigenvalue weighted by Gasteiger charge is 2.16. The number of amides is 1. The van der Waals surface area contributed by atoms with Crippen molar-refractivity contribution in [3.63, 3.8) is 0 Å². The minimum absolute atomic E-state index is 0.0692. The summed E-state index contributed by atoms with van der Waals surface area (Å²) in [5.41, 5.74) is 6.15. The quantitative estimate of drug-likeness (QED) is 0.772. The number of aromatic nitrogens is 1. The number of hydrogen-bond donors (Lipinski definition) is 1. The number of nitrogen functional groups attached to an aromatic ring is 1. The summed E-state index contributed by atoms with van der Waals surface area (Å²) in [7, 11) is 3.32. The minimum Gasteiger partial charge on any atom is -0.348 e. The van der Waals surface area contributed by atoms with E-state index in [4.69, 9.17) is 16.3 Å². The molecule has 7 heteroatoms. The van der Waals surface area contributed by atoms with Gasteiger partial charge in [0.15, 0.2) is 5.03 Å². The number of carbonyl (C=O) groups excluding carboxylic acids is 1. The van der Waals surface area contributed by atoms with Crippen LogP contribution >= 0.6 is 11.8 Å². The first-order valence-electron chi connectivity index (χ1n) is 4.98. The molecule has 1 heterocycles. The Bertz CT molecular complexity index is 556. The smallest absolute Gasteiger partial charge is 0.289 e. The number of pyridine rings is 1. The minimum atomic E-state index is -0.0692. The molecule has 0 saturated heterocycles. The second-order valence-corrected chi connectivity index (χ2v) is 4.63. The molecule has 0 aromatic carbocycles. The predicted octanol–water partition coefficient (Wildman–Crippen LogP) is 0.00656. The molecule has 1 aromatic rings. The van der Waals surface area contributed by atoms with Crippen molar-refractivity contribution < 1.29 is 9.78 Å². The van der Waals surface area contributed by atoms with Crippen molar-refractivity contribution in [1.82, 2.24) is 4.90 Å². The Labute approximate surface area is 109 Å². The number of nitrogens with zero attached hydrogens (tertiary/aromatic N) is 3. The number of nitrogens with one attached hydrogen (secondary N) is 1. The molecule has 0 bridgehead atoms. The molecule has 92 valence electrons. The van der Waals surface area contributed by atoms with Gasteiger partial charge in [-0.25, -0.2) is 4.98 Å². The van der Waals surface area contributed by atoms with Gasteiger partial charge in [0.2, 0.25) is 5.91 Å². The van der Waals surface area contributed by atoms with Gasteiger partial charge in [-0.15, -0.1) is 0 Å². The van der Waals surface area contributed by atoms with Gasteiger partial charge in [0.05, 0.1) is 5.75 Å². The third-order valence-electron chi connectivity index (χ3n) is 2.15. The summed E-state index contributed by atoms with van der Waals surface area (Å²) in [6.45, 7) is 0. The van der Waals surface area contributed by atoms with E-state index in [1.807, 2.05) is 12.1 Å². The van der Waals surface area contributed by atoms with E-state index in [2.05, 4.69) is 4.98 Å². The SMILES string of the molecule is CN(C)C(=O)CSc1[nH+]c(N)c(C#N)cc1C#N. The van der Waals surface area contributed by atoms with Crippen molar-refractivity contribution in [3.05, 3.63) is 17.2 Å². The molecular formula is C11H12N5OS+. The summed E-state index contributed by atoms with van der Waals surface area (Å²) in [5, 5.41) is 18.3. The lowest BCUT2D eigenvalue weighted by Crippen LogP contribution is -2.24. The zero-order chi connectivity index (χ0) is 13.7. The average molecular weight is 262 g/mol. The van der Waals surface area contributed by atoms with E-state index in [0.29, 0.717) is 10.6 Å². The monoisotopic (exact) mass is 262 g/mol. The Morgan fingerprint density at radius 3 is 2.56 bits per heavy atom. The van der Waals surface area contributed by atoms with Crippen LogP contribution in [0.25, 0.3) is 0 Å². The second kappa shape index (κ2) is 5.89. The van der Waals surface area contributed by atoms with Gasteiger partial charge in [-0.3, -0.25) is 10.5 Å². The zero-order valence-corrected chi connectivity index (χ0v) is 10.8. The molecule has 18 heavy (non-hydrogen) atoms. The lowest BCUT2D eigenvalue weighted by molar-refractivity contribution is -0.410. The van der Waals surface area contributed by atoms with E-state index in [0.717, 1.165) is 0 Å². The molecule has 0 aliphatic heterocycles. The van der Waals surface area contributed by atoms with Crippen molar-refractivity contribution in [1.29, 1.82) is 10.5 Å². The van der Waals surface area contributed by atoms with Crippen molar-refractivity contribution in [3.8, 4) is 12.1 Å². The fraction of sp³-hybridized carbons (Fsp3) is 0.273. The Morgan fingerprint density at radius 1 is 1.44 bits per heavy atom.